The van der Waals surface area contributed by atoms with Gasteiger partial charge in [-0.3, -0.25) is 14.4 Å². The Morgan fingerprint density at radius 3 is 2.48 bits per heavy atom. The van der Waals surface area contributed by atoms with E-state index in [0.717, 1.165) is 0 Å². The highest BCUT2D eigenvalue weighted by Gasteiger charge is 2.14. The van der Waals surface area contributed by atoms with E-state index in [0.29, 0.717) is 16.3 Å². The fraction of sp³-hybridized carbons (Fsp3) is 0.235. The van der Waals surface area contributed by atoms with Crippen molar-refractivity contribution in [3.05, 3.63) is 57.5 Å². The number of carbonyl (C=O) groups excluding carboxylic acids is 2. The first-order chi connectivity index (χ1) is 11.8. The van der Waals surface area contributed by atoms with E-state index in [2.05, 4.69) is 5.32 Å². The van der Waals surface area contributed by atoms with Crippen molar-refractivity contribution in [1.82, 2.24) is 9.47 Å². The lowest BCUT2D eigenvalue weighted by Crippen LogP contribution is -2.29. The second-order valence-electron chi connectivity index (χ2n) is 5.55. The van der Waals surface area contributed by atoms with Gasteiger partial charge in [0.1, 0.15) is 11.4 Å². The van der Waals surface area contributed by atoms with Gasteiger partial charge in [0.2, 0.25) is 0 Å². The van der Waals surface area contributed by atoms with Gasteiger partial charge in [-0.25, -0.2) is 0 Å². The Hall–Kier alpha value is -2.80. The number of hydrogen-bond donors (Lipinski definition) is 1. The first-order valence-corrected chi connectivity index (χ1v) is 7.76. The number of carbonyl (C=O) groups is 2. The third-order valence-corrected chi connectivity index (χ3v) is 3.55. The topological polar surface area (TPSA) is 80.6 Å². The minimum Gasteiger partial charge on any atom is -0.484 e. The Morgan fingerprint density at radius 2 is 1.88 bits per heavy atom. The van der Waals surface area contributed by atoms with Crippen LogP contribution in [0.3, 0.4) is 0 Å². The molecule has 1 N–H and O–H groups in total. The van der Waals surface area contributed by atoms with Gasteiger partial charge in [0.25, 0.3) is 17.4 Å². The molecular formula is C17H18ClN3O4. The fourth-order valence-corrected chi connectivity index (χ4v) is 2.17. The number of nitrogens with one attached hydrogen (secondary N) is 1. The average Bonchev–Trinajstić information content (AvgIpc) is 2.57. The number of hydrogen-bond acceptors (Lipinski definition) is 4. The van der Waals surface area contributed by atoms with Crippen LogP contribution >= 0.6 is 11.6 Å². The minimum absolute atomic E-state index is 0.0138. The van der Waals surface area contributed by atoms with Crippen molar-refractivity contribution in [3.63, 3.8) is 0 Å². The molecule has 2 amide bonds. The van der Waals surface area contributed by atoms with Crippen molar-refractivity contribution >= 4 is 29.1 Å². The molecule has 0 saturated heterocycles. The lowest BCUT2D eigenvalue weighted by Gasteiger charge is -2.13. The summed E-state index contributed by atoms with van der Waals surface area (Å²) in [5.41, 5.74) is -0.115. The molecule has 2 rings (SSSR count). The summed E-state index contributed by atoms with van der Waals surface area (Å²) in [4.78, 5) is 37.6. The molecule has 0 saturated carbocycles. The van der Waals surface area contributed by atoms with E-state index in [4.69, 9.17) is 16.3 Å². The van der Waals surface area contributed by atoms with Crippen LogP contribution in [0.2, 0.25) is 5.02 Å². The Balaban J connectivity index is 2.10. The molecule has 0 unspecified atom stereocenters. The summed E-state index contributed by atoms with van der Waals surface area (Å²) in [6.07, 6.45) is 1.42. The zero-order valence-electron chi connectivity index (χ0n) is 14.1. The van der Waals surface area contributed by atoms with Gasteiger partial charge in [0, 0.05) is 32.4 Å². The molecule has 0 bridgehead atoms. The minimum atomic E-state index is -0.512. The molecule has 0 spiro atoms. The molecule has 2 aromatic rings. The predicted octanol–water partition coefficient (Wildman–Crippen LogP) is 1.76. The largest absolute Gasteiger partial charge is 0.484 e. The van der Waals surface area contributed by atoms with E-state index >= 15 is 0 Å². The standard InChI is InChI=1S/C17H18ClN3O4/c1-20(2)16(23)11-8-14(17(24)21(3)9-11)19-15(22)10-25-13-6-4-12(18)5-7-13/h4-9H,10H2,1-3H3,(H,19,22). The summed E-state index contributed by atoms with van der Waals surface area (Å²) in [6.45, 7) is -0.281. The summed E-state index contributed by atoms with van der Waals surface area (Å²) >= 11 is 5.77. The number of anilines is 1. The molecule has 7 nitrogen and oxygen atoms in total. The van der Waals surface area contributed by atoms with Gasteiger partial charge >= 0.3 is 0 Å². The highest BCUT2D eigenvalue weighted by Crippen LogP contribution is 2.15. The van der Waals surface area contributed by atoms with Crippen molar-refractivity contribution < 1.29 is 14.3 Å². The summed E-state index contributed by atoms with van der Waals surface area (Å²) in [7, 11) is 4.71. The normalized spacial score (nSPS) is 10.2. The number of aryl methyl sites for hydroxylation is 1. The maximum Gasteiger partial charge on any atom is 0.274 e. The molecule has 1 heterocycles. The van der Waals surface area contributed by atoms with E-state index in [-0.39, 0.29) is 18.2 Å². The fourth-order valence-electron chi connectivity index (χ4n) is 2.04. The SMILES string of the molecule is CN(C)C(=O)c1cc(NC(=O)COc2ccc(Cl)cc2)c(=O)n(C)c1. The van der Waals surface area contributed by atoms with Crippen molar-refractivity contribution in [2.75, 3.05) is 26.0 Å². The number of amides is 2. The van der Waals surface area contributed by atoms with Gasteiger partial charge in [-0.15, -0.1) is 0 Å². The monoisotopic (exact) mass is 363 g/mol. The van der Waals surface area contributed by atoms with E-state index in [9.17, 15) is 14.4 Å². The van der Waals surface area contributed by atoms with E-state index < -0.39 is 11.5 Å². The zero-order chi connectivity index (χ0) is 18.6. The maximum absolute atomic E-state index is 12.1. The highest BCUT2D eigenvalue weighted by molar-refractivity contribution is 6.30. The van der Waals surface area contributed by atoms with Crippen LogP contribution in [0.1, 0.15) is 10.4 Å². The van der Waals surface area contributed by atoms with Crippen LogP contribution in [0.5, 0.6) is 5.75 Å². The molecule has 132 valence electrons. The summed E-state index contributed by atoms with van der Waals surface area (Å²) in [5.74, 6) is -0.311. The number of ether oxygens (including phenoxy) is 1. The lowest BCUT2D eigenvalue weighted by molar-refractivity contribution is -0.118. The third-order valence-electron chi connectivity index (χ3n) is 3.29. The Morgan fingerprint density at radius 1 is 1.24 bits per heavy atom. The van der Waals surface area contributed by atoms with Crippen molar-refractivity contribution in [3.8, 4) is 5.75 Å². The van der Waals surface area contributed by atoms with Gasteiger partial charge in [0.05, 0.1) is 5.56 Å². The Kier molecular flexibility index (Phi) is 5.82. The number of halogens is 1. The summed E-state index contributed by atoms with van der Waals surface area (Å²) < 4.78 is 6.57. The number of nitrogens with zero attached hydrogens (tertiary/aromatic N) is 2. The summed E-state index contributed by atoms with van der Waals surface area (Å²) in [5, 5.41) is 3.03. The molecule has 25 heavy (non-hydrogen) atoms. The molecule has 0 radical (unpaired) electrons. The van der Waals surface area contributed by atoms with Crippen LogP contribution in [0.15, 0.2) is 41.3 Å². The second-order valence-corrected chi connectivity index (χ2v) is 5.99. The molecule has 0 fully saturated rings. The summed E-state index contributed by atoms with van der Waals surface area (Å²) in [6, 6.07) is 7.89. The molecule has 1 aromatic heterocycles. The van der Waals surface area contributed by atoms with Crippen molar-refractivity contribution in [2.45, 2.75) is 0 Å². The molecule has 0 aliphatic rings. The van der Waals surface area contributed by atoms with E-state index in [1.807, 2.05) is 0 Å². The van der Waals surface area contributed by atoms with Gasteiger partial charge in [-0.1, -0.05) is 11.6 Å². The van der Waals surface area contributed by atoms with Crippen LogP contribution in [-0.4, -0.2) is 42.0 Å². The molecule has 0 aliphatic carbocycles. The smallest absolute Gasteiger partial charge is 0.274 e. The zero-order valence-corrected chi connectivity index (χ0v) is 14.8. The number of benzene rings is 1. The third kappa shape index (κ3) is 4.84. The van der Waals surface area contributed by atoms with Crippen LogP contribution in [-0.2, 0) is 11.8 Å². The van der Waals surface area contributed by atoms with E-state index in [1.54, 1.807) is 38.4 Å². The van der Waals surface area contributed by atoms with Crippen LogP contribution < -0.4 is 15.6 Å². The van der Waals surface area contributed by atoms with Crippen LogP contribution in [0.4, 0.5) is 5.69 Å². The predicted molar refractivity (Wildman–Crippen MR) is 95.3 cm³/mol. The number of rotatable bonds is 5. The molecular weight excluding hydrogens is 346 g/mol. The Bertz CT molecular complexity index is 844. The number of pyridine rings is 1. The van der Waals surface area contributed by atoms with Crippen molar-refractivity contribution in [2.24, 2.45) is 7.05 Å². The second kappa shape index (κ2) is 7.85. The molecule has 1 aromatic carbocycles. The van der Waals surface area contributed by atoms with Crippen LogP contribution in [0, 0.1) is 0 Å². The molecule has 8 heteroatoms. The van der Waals surface area contributed by atoms with Crippen molar-refractivity contribution in [1.29, 1.82) is 0 Å². The van der Waals surface area contributed by atoms with Gasteiger partial charge in [-0.05, 0) is 30.3 Å². The quantitative estimate of drug-likeness (QED) is 0.877. The molecule has 0 aliphatic heterocycles. The van der Waals surface area contributed by atoms with Gasteiger partial charge in [0.15, 0.2) is 6.61 Å². The average molecular weight is 364 g/mol. The Labute approximate surface area is 149 Å². The highest BCUT2D eigenvalue weighted by atomic mass is 35.5. The maximum atomic E-state index is 12.1. The number of aromatic nitrogens is 1. The lowest BCUT2D eigenvalue weighted by atomic mass is 10.2. The first kappa shape index (κ1) is 18.5. The first-order valence-electron chi connectivity index (χ1n) is 7.38. The van der Waals surface area contributed by atoms with E-state index in [1.165, 1.54) is 28.8 Å². The molecule has 0 atom stereocenters. The van der Waals surface area contributed by atoms with Crippen LogP contribution in [0.25, 0.3) is 0 Å². The van der Waals surface area contributed by atoms with Gasteiger partial charge in [-0.2, -0.15) is 0 Å². The van der Waals surface area contributed by atoms with Gasteiger partial charge < -0.3 is 19.5 Å².